The Kier molecular flexibility index (Phi) is 4.90. The predicted molar refractivity (Wildman–Crippen MR) is 107 cm³/mol. The number of rotatable bonds is 4. The zero-order valence-electron chi connectivity index (χ0n) is 16.1. The molecule has 0 aromatic heterocycles. The van der Waals surface area contributed by atoms with Crippen LogP contribution in [0.1, 0.15) is 37.2 Å². The number of Topliss-reactive ketones (excluding diaryl/α,β-unsaturated/α-hetero) is 1. The van der Waals surface area contributed by atoms with Crippen LogP contribution in [-0.4, -0.2) is 25.9 Å². The van der Waals surface area contributed by atoms with Gasteiger partial charge in [-0.15, -0.1) is 0 Å². The Morgan fingerprint density at radius 2 is 1.75 bits per heavy atom. The van der Waals surface area contributed by atoms with Crippen molar-refractivity contribution in [3.8, 4) is 11.5 Å². The van der Waals surface area contributed by atoms with Crippen molar-refractivity contribution >= 4 is 17.4 Å². The van der Waals surface area contributed by atoms with Crippen molar-refractivity contribution in [1.82, 2.24) is 0 Å². The van der Waals surface area contributed by atoms with Gasteiger partial charge in [-0.1, -0.05) is 24.3 Å². The minimum atomic E-state index is -0.295. The molecule has 2 aromatic carbocycles. The van der Waals surface area contributed by atoms with E-state index < -0.39 is 0 Å². The van der Waals surface area contributed by atoms with Crippen LogP contribution in [0.5, 0.6) is 11.5 Å². The monoisotopic (exact) mass is 377 g/mol. The molecule has 0 bridgehead atoms. The number of methoxy groups -OCH3 is 2. The first kappa shape index (κ1) is 18.3. The molecule has 144 valence electrons. The van der Waals surface area contributed by atoms with Crippen molar-refractivity contribution in [2.24, 2.45) is 0 Å². The summed E-state index contributed by atoms with van der Waals surface area (Å²) < 4.78 is 10.9. The third kappa shape index (κ3) is 3.07. The highest BCUT2D eigenvalue weighted by molar-refractivity contribution is 6.07. The van der Waals surface area contributed by atoms with Crippen molar-refractivity contribution in [2.75, 3.05) is 19.1 Å². The Morgan fingerprint density at radius 1 is 0.964 bits per heavy atom. The van der Waals surface area contributed by atoms with Crippen molar-refractivity contribution in [1.29, 1.82) is 0 Å². The molecule has 0 fully saturated rings. The number of hydrogen-bond donors (Lipinski definition) is 0. The van der Waals surface area contributed by atoms with Crippen LogP contribution in [0.2, 0.25) is 0 Å². The van der Waals surface area contributed by atoms with Crippen molar-refractivity contribution in [3.63, 3.8) is 0 Å². The lowest BCUT2D eigenvalue weighted by molar-refractivity contribution is -0.119. The van der Waals surface area contributed by atoms with Gasteiger partial charge in [0.15, 0.2) is 5.78 Å². The topological polar surface area (TPSA) is 55.8 Å². The van der Waals surface area contributed by atoms with Crippen LogP contribution in [0.4, 0.5) is 5.69 Å². The van der Waals surface area contributed by atoms with Gasteiger partial charge >= 0.3 is 0 Å². The normalized spacial score (nSPS) is 19.5. The number of hydrogen-bond acceptors (Lipinski definition) is 4. The van der Waals surface area contributed by atoms with E-state index in [-0.39, 0.29) is 24.0 Å². The van der Waals surface area contributed by atoms with Crippen LogP contribution in [0, 0.1) is 0 Å². The zero-order chi connectivity index (χ0) is 19.7. The van der Waals surface area contributed by atoms with Crippen LogP contribution in [0.3, 0.4) is 0 Å². The summed E-state index contributed by atoms with van der Waals surface area (Å²) >= 11 is 0. The molecule has 0 unspecified atom stereocenters. The number of carbonyl (C=O) groups excluding carboxylic acids is 2. The third-order valence-electron chi connectivity index (χ3n) is 5.51. The molecule has 0 saturated carbocycles. The smallest absolute Gasteiger partial charge is 0.232 e. The second-order valence-corrected chi connectivity index (χ2v) is 7.07. The summed E-state index contributed by atoms with van der Waals surface area (Å²) in [5.41, 5.74) is 3.25. The molecule has 2 aliphatic rings. The zero-order valence-corrected chi connectivity index (χ0v) is 16.1. The molecular formula is C23H23NO4. The quantitative estimate of drug-likeness (QED) is 0.800. The lowest BCUT2D eigenvalue weighted by Crippen LogP contribution is -2.40. The fraction of sp³-hybridized carbons (Fsp3) is 0.304. The van der Waals surface area contributed by atoms with Gasteiger partial charge < -0.3 is 9.47 Å². The summed E-state index contributed by atoms with van der Waals surface area (Å²) in [7, 11) is 3.19. The molecule has 4 rings (SSSR count). The first-order valence-electron chi connectivity index (χ1n) is 9.50. The number of ether oxygens (including phenoxy) is 2. The number of nitrogens with zero attached hydrogens (tertiary/aromatic N) is 1. The third-order valence-corrected chi connectivity index (χ3v) is 5.51. The number of carbonyl (C=O) groups is 2. The molecule has 1 heterocycles. The highest BCUT2D eigenvalue weighted by Crippen LogP contribution is 2.46. The maximum atomic E-state index is 13.2. The van der Waals surface area contributed by atoms with E-state index >= 15 is 0 Å². The van der Waals surface area contributed by atoms with Gasteiger partial charge in [0.05, 0.1) is 14.2 Å². The summed E-state index contributed by atoms with van der Waals surface area (Å²) in [4.78, 5) is 27.9. The first-order chi connectivity index (χ1) is 13.6. The standard InChI is InChI=1S/C23H23NO4/c1-27-16-11-12-17(21(13-16)28-2)18-14-22(26)24(15-7-4-3-5-8-15)19-9-6-10-20(25)23(18)19/h3-5,7-8,11-13,18H,6,9-10,14H2,1-2H3/t18-/m0/s1. The van der Waals surface area contributed by atoms with Gasteiger partial charge in [-0.3, -0.25) is 14.5 Å². The fourth-order valence-electron chi connectivity index (χ4n) is 4.24. The second kappa shape index (κ2) is 7.50. The van der Waals surface area contributed by atoms with E-state index in [0.717, 1.165) is 35.4 Å². The molecule has 0 N–H and O–H groups in total. The summed E-state index contributed by atoms with van der Waals surface area (Å²) in [5, 5.41) is 0. The molecule has 0 saturated heterocycles. The summed E-state index contributed by atoms with van der Waals surface area (Å²) in [6.45, 7) is 0. The molecule has 1 aliphatic heterocycles. The Balaban J connectivity index is 1.86. The van der Waals surface area contributed by atoms with Gasteiger partial charge in [-0.25, -0.2) is 0 Å². The Morgan fingerprint density at radius 3 is 2.46 bits per heavy atom. The van der Waals surface area contributed by atoms with E-state index in [0.29, 0.717) is 17.9 Å². The largest absolute Gasteiger partial charge is 0.497 e. The maximum absolute atomic E-state index is 13.2. The van der Waals surface area contributed by atoms with Gasteiger partial charge in [-0.05, 0) is 31.0 Å². The minimum absolute atomic E-state index is 0.00233. The molecule has 1 atom stereocenters. The van der Waals surface area contributed by atoms with E-state index in [1.165, 1.54) is 0 Å². The van der Waals surface area contributed by atoms with Crippen LogP contribution >= 0.6 is 0 Å². The SMILES string of the molecule is COc1ccc([C@@H]2CC(=O)N(c3ccccc3)C3=C2C(=O)CCC3)c(OC)c1. The molecule has 0 radical (unpaired) electrons. The van der Waals surface area contributed by atoms with Gasteiger partial charge in [0, 0.05) is 47.3 Å². The molecule has 0 spiro atoms. The van der Waals surface area contributed by atoms with Crippen LogP contribution in [0.15, 0.2) is 59.8 Å². The molecule has 1 aliphatic carbocycles. The molecule has 28 heavy (non-hydrogen) atoms. The van der Waals surface area contributed by atoms with E-state index in [9.17, 15) is 9.59 Å². The predicted octanol–water partition coefficient (Wildman–Crippen LogP) is 4.23. The van der Waals surface area contributed by atoms with Crippen molar-refractivity contribution in [2.45, 2.75) is 31.6 Å². The Labute approximate surface area is 164 Å². The van der Waals surface area contributed by atoms with E-state index in [1.54, 1.807) is 25.2 Å². The fourth-order valence-corrected chi connectivity index (χ4v) is 4.24. The van der Waals surface area contributed by atoms with Gasteiger partial charge in [0.25, 0.3) is 0 Å². The second-order valence-electron chi connectivity index (χ2n) is 7.07. The number of benzene rings is 2. The van der Waals surface area contributed by atoms with Gasteiger partial charge in [0.1, 0.15) is 11.5 Å². The van der Waals surface area contributed by atoms with E-state index in [4.69, 9.17) is 9.47 Å². The summed E-state index contributed by atoms with van der Waals surface area (Å²) in [5.74, 6) is 1.14. The van der Waals surface area contributed by atoms with Gasteiger partial charge in [-0.2, -0.15) is 0 Å². The lowest BCUT2D eigenvalue weighted by atomic mass is 9.77. The Bertz CT molecular complexity index is 948. The van der Waals surface area contributed by atoms with E-state index in [2.05, 4.69) is 0 Å². The highest BCUT2D eigenvalue weighted by Gasteiger charge is 2.40. The molecule has 1 amide bonds. The van der Waals surface area contributed by atoms with E-state index in [1.807, 2.05) is 42.5 Å². The highest BCUT2D eigenvalue weighted by atomic mass is 16.5. The number of allylic oxidation sites excluding steroid dienone is 2. The Hall–Kier alpha value is -3.08. The maximum Gasteiger partial charge on any atom is 0.232 e. The molecular weight excluding hydrogens is 354 g/mol. The number of anilines is 1. The van der Waals surface area contributed by atoms with Crippen molar-refractivity contribution < 1.29 is 19.1 Å². The number of amides is 1. The first-order valence-corrected chi connectivity index (χ1v) is 9.50. The summed E-state index contributed by atoms with van der Waals surface area (Å²) in [6, 6.07) is 15.1. The number of para-hydroxylation sites is 1. The van der Waals surface area contributed by atoms with Crippen LogP contribution in [-0.2, 0) is 9.59 Å². The average Bonchev–Trinajstić information content (AvgIpc) is 2.73. The number of ketones is 1. The summed E-state index contributed by atoms with van der Waals surface area (Å²) in [6.07, 6.45) is 2.24. The van der Waals surface area contributed by atoms with Crippen LogP contribution < -0.4 is 14.4 Å². The van der Waals surface area contributed by atoms with Gasteiger partial charge in [0.2, 0.25) is 5.91 Å². The van der Waals surface area contributed by atoms with Crippen LogP contribution in [0.25, 0.3) is 0 Å². The van der Waals surface area contributed by atoms with Crippen molar-refractivity contribution in [3.05, 3.63) is 65.4 Å². The molecule has 2 aromatic rings. The minimum Gasteiger partial charge on any atom is -0.497 e. The molecule has 5 nitrogen and oxygen atoms in total. The lowest BCUT2D eigenvalue weighted by Gasteiger charge is -2.38. The average molecular weight is 377 g/mol. The molecule has 5 heteroatoms.